The summed E-state index contributed by atoms with van der Waals surface area (Å²) in [5, 5.41) is 6.79. The van der Waals surface area contributed by atoms with Crippen molar-refractivity contribution in [3.05, 3.63) is 58.8 Å². The molecule has 0 fully saturated rings. The van der Waals surface area contributed by atoms with Gasteiger partial charge in [0.05, 0.1) is 24.6 Å². The average Bonchev–Trinajstić information content (AvgIpc) is 3.29. The van der Waals surface area contributed by atoms with Crippen LogP contribution in [-0.2, 0) is 4.84 Å². The number of hydrogen-bond acceptors (Lipinski definition) is 6. The first-order valence-electron chi connectivity index (χ1n) is 9.30. The van der Waals surface area contributed by atoms with Crippen LogP contribution in [0.2, 0.25) is 5.02 Å². The molecule has 0 aliphatic rings. The van der Waals surface area contributed by atoms with Gasteiger partial charge in [-0.1, -0.05) is 25.4 Å². The fraction of sp³-hybridized carbons (Fsp3) is 0.286. The van der Waals surface area contributed by atoms with Crippen LogP contribution in [-0.4, -0.2) is 26.7 Å². The van der Waals surface area contributed by atoms with E-state index in [9.17, 15) is 0 Å². The van der Waals surface area contributed by atoms with Gasteiger partial charge in [-0.05, 0) is 49.1 Å². The minimum absolute atomic E-state index is 0.178. The van der Waals surface area contributed by atoms with Crippen LogP contribution < -0.4 is 5.06 Å². The molecule has 4 rings (SSSR count). The first kappa shape index (κ1) is 19.4. The quantitative estimate of drug-likeness (QED) is 0.405. The number of fused-ring (bicyclic) bond motifs is 1. The van der Waals surface area contributed by atoms with Crippen LogP contribution >= 0.6 is 11.6 Å². The van der Waals surface area contributed by atoms with E-state index in [0.717, 1.165) is 33.7 Å². The highest BCUT2D eigenvalue weighted by Crippen LogP contribution is 2.39. The Bertz CT molecular complexity index is 1180. The van der Waals surface area contributed by atoms with Crippen LogP contribution in [0, 0.1) is 13.8 Å². The van der Waals surface area contributed by atoms with Gasteiger partial charge in [0.1, 0.15) is 17.6 Å². The van der Waals surface area contributed by atoms with Crippen LogP contribution in [0.15, 0.2) is 41.3 Å². The third-order valence-electron chi connectivity index (χ3n) is 4.77. The van der Waals surface area contributed by atoms with Gasteiger partial charge in [0.2, 0.25) is 5.89 Å². The molecule has 0 bridgehead atoms. The first-order valence-corrected chi connectivity index (χ1v) is 9.68. The molecule has 0 aliphatic carbocycles. The Morgan fingerprint density at radius 2 is 2.00 bits per heavy atom. The first-order chi connectivity index (χ1) is 13.9. The molecule has 3 heterocycles. The van der Waals surface area contributed by atoms with E-state index in [0.29, 0.717) is 16.7 Å². The third-order valence-corrected chi connectivity index (χ3v) is 5.20. The Balaban J connectivity index is 1.97. The van der Waals surface area contributed by atoms with Gasteiger partial charge < -0.3 is 4.42 Å². The van der Waals surface area contributed by atoms with Gasteiger partial charge in [0.25, 0.3) is 0 Å². The molecule has 0 unspecified atom stereocenters. The molecule has 0 radical (unpaired) electrons. The maximum atomic E-state index is 6.20. The average molecular weight is 412 g/mol. The van der Waals surface area contributed by atoms with Gasteiger partial charge in [0, 0.05) is 11.2 Å². The van der Waals surface area contributed by atoms with Crippen LogP contribution in [0.1, 0.15) is 36.7 Å². The molecule has 0 aliphatic heterocycles. The summed E-state index contributed by atoms with van der Waals surface area (Å²) in [5.74, 6) is 2.13. The zero-order valence-electron chi connectivity index (χ0n) is 17.0. The number of nitrogens with zero attached hydrogens (tertiary/aromatic N) is 5. The van der Waals surface area contributed by atoms with E-state index in [1.54, 1.807) is 22.9 Å². The van der Waals surface area contributed by atoms with E-state index in [-0.39, 0.29) is 5.92 Å². The van der Waals surface area contributed by atoms with Gasteiger partial charge in [-0.2, -0.15) is 5.10 Å². The number of rotatable bonds is 5. The maximum Gasteiger partial charge on any atom is 0.228 e. The lowest BCUT2D eigenvalue weighted by atomic mass is 10.00. The van der Waals surface area contributed by atoms with E-state index in [2.05, 4.69) is 28.9 Å². The Morgan fingerprint density at radius 1 is 1.21 bits per heavy atom. The minimum atomic E-state index is 0.178. The molecule has 4 aromatic rings. The number of benzene rings is 1. The normalized spacial score (nSPS) is 11.6. The fourth-order valence-corrected chi connectivity index (χ4v) is 3.59. The molecule has 0 N–H and O–H groups in total. The van der Waals surface area contributed by atoms with Crippen molar-refractivity contribution < 1.29 is 9.25 Å². The molecule has 8 heteroatoms. The van der Waals surface area contributed by atoms with Gasteiger partial charge in [-0.15, -0.1) is 0 Å². The number of halogens is 1. The molecule has 0 atom stereocenters. The fourth-order valence-electron chi connectivity index (χ4n) is 3.47. The zero-order valence-corrected chi connectivity index (χ0v) is 17.7. The van der Waals surface area contributed by atoms with Gasteiger partial charge in [-0.3, -0.25) is 4.84 Å². The zero-order chi connectivity index (χ0) is 20.7. The van der Waals surface area contributed by atoms with Gasteiger partial charge in [0.15, 0.2) is 5.82 Å². The Labute approximate surface area is 173 Å². The summed E-state index contributed by atoms with van der Waals surface area (Å²) in [7, 11) is 1.61. The van der Waals surface area contributed by atoms with E-state index >= 15 is 0 Å². The third kappa shape index (κ3) is 3.36. The lowest BCUT2D eigenvalue weighted by molar-refractivity contribution is 0.199. The predicted molar refractivity (Wildman–Crippen MR) is 113 cm³/mol. The Hall–Kier alpha value is -2.90. The molecule has 150 valence electrons. The summed E-state index contributed by atoms with van der Waals surface area (Å²) >= 11 is 6.20. The molecule has 29 heavy (non-hydrogen) atoms. The van der Waals surface area contributed by atoms with Crippen molar-refractivity contribution >= 4 is 28.6 Å². The summed E-state index contributed by atoms with van der Waals surface area (Å²) in [4.78, 5) is 14.7. The summed E-state index contributed by atoms with van der Waals surface area (Å²) < 4.78 is 7.59. The summed E-state index contributed by atoms with van der Waals surface area (Å²) in [6, 6.07) is 5.70. The number of hydrogen-bond donors (Lipinski definition) is 0. The largest absolute Gasteiger partial charge is 0.441 e. The van der Waals surface area contributed by atoms with Crippen LogP contribution in [0.3, 0.4) is 0 Å². The molecule has 0 spiro atoms. The van der Waals surface area contributed by atoms with Crippen molar-refractivity contribution in [1.82, 2.24) is 19.6 Å². The SMILES string of the molecule is CON(c1ccc(Cl)c(C)c1)c1ncnn2cc(-c3ncc(C)o3)c(C(C)C)c12. The summed E-state index contributed by atoms with van der Waals surface area (Å²) in [5.41, 5.74) is 4.53. The lowest BCUT2D eigenvalue weighted by Gasteiger charge is -2.22. The number of aromatic nitrogens is 4. The molecular formula is C21H22ClN5O2. The Kier molecular flexibility index (Phi) is 5.02. The molecular weight excluding hydrogens is 390 g/mol. The molecule has 3 aromatic heterocycles. The van der Waals surface area contributed by atoms with Crippen molar-refractivity contribution in [1.29, 1.82) is 0 Å². The monoisotopic (exact) mass is 411 g/mol. The topological polar surface area (TPSA) is 68.7 Å². The highest BCUT2D eigenvalue weighted by molar-refractivity contribution is 6.31. The minimum Gasteiger partial charge on any atom is -0.441 e. The van der Waals surface area contributed by atoms with Gasteiger partial charge >= 0.3 is 0 Å². The second kappa shape index (κ2) is 7.50. The standard InChI is InChI=1S/C21H22ClN5O2/c1-12(2)18-16(21-23-9-14(4)29-21)10-26-19(18)20(24-11-25-26)27(28-5)15-6-7-17(22)13(3)8-15/h6-12H,1-5H3. The smallest absolute Gasteiger partial charge is 0.228 e. The van der Waals surface area contributed by atoms with Crippen LogP contribution in [0.4, 0.5) is 11.5 Å². The molecule has 7 nitrogen and oxygen atoms in total. The second-order valence-corrected chi connectivity index (χ2v) is 7.58. The van der Waals surface area contributed by atoms with E-state index < -0.39 is 0 Å². The molecule has 1 aromatic carbocycles. The van der Waals surface area contributed by atoms with Crippen molar-refractivity contribution in [2.75, 3.05) is 12.2 Å². The number of anilines is 2. The lowest BCUT2D eigenvalue weighted by Crippen LogP contribution is -2.18. The van der Waals surface area contributed by atoms with E-state index in [4.69, 9.17) is 20.9 Å². The maximum absolute atomic E-state index is 6.20. The number of aryl methyl sites for hydroxylation is 2. The van der Waals surface area contributed by atoms with Crippen molar-refractivity contribution in [2.24, 2.45) is 0 Å². The molecule has 0 saturated carbocycles. The van der Waals surface area contributed by atoms with Gasteiger partial charge in [-0.25, -0.2) is 19.5 Å². The summed E-state index contributed by atoms with van der Waals surface area (Å²) in [6.07, 6.45) is 5.14. The van der Waals surface area contributed by atoms with E-state index in [1.807, 2.05) is 38.2 Å². The van der Waals surface area contributed by atoms with Crippen molar-refractivity contribution in [3.8, 4) is 11.5 Å². The molecule has 0 amide bonds. The molecule has 0 saturated heterocycles. The van der Waals surface area contributed by atoms with Crippen LogP contribution in [0.5, 0.6) is 0 Å². The highest BCUT2D eigenvalue weighted by Gasteiger charge is 2.25. The van der Waals surface area contributed by atoms with Crippen molar-refractivity contribution in [2.45, 2.75) is 33.6 Å². The predicted octanol–water partition coefficient (Wildman–Crippen LogP) is 5.48. The van der Waals surface area contributed by atoms with Crippen molar-refractivity contribution in [3.63, 3.8) is 0 Å². The number of oxazole rings is 1. The summed E-state index contributed by atoms with van der Waals surface area (Å²) in [6.45, 7) is 8.07. The van der Waals surface area contributed by atoms with Crippen LogP contribution in [0.25, 0.3) is 17.0 Å². The highest BCUT2D eigenvalue weighted by atomic mass is 35.5. The van der Waals surface area contributed by atoms with E-state index in [1.165, 1.54) is 6.33 Å². The Morgan fingerprint density at radius 3 is 2.62 bits per heavy atom. The second-order valence-electron chi connectivity index (χ2n) is 7.17.